The van der Waals surface area contributed by atoms with Crippen LogP contribution in [0, 0.1) is 11.8 Å². The largest absolute Gasteiger partial charge is 0.481 e. The summed E-state index contributed by atoms with van der Waals surface area (Å²) in [4.78, 5) is 10.7. The predicted molar refractivity (Wildman–Crippen MR) is 61.2 cm³/mol. The second kappa shape index (κ2) is 5.00. The minimum atomic E-state index is -0.760. The second-order valence-corrected chi connectivity index (χ2v) is 5.19. The summed E-state index contributed by atoms with van der Waals surface area (Å²) in [6, 6.07) is 0. The van der Waals surface area contributed by atoms with Gasteiger partial charge in [0.1, 0.15) is 0 Å². The molecule has 2 aliphatic rings. The van der Waals surface area contributed by atoms with Crippen molar-refractivity contribution < 1.29 is 14.6 Å². The van der Waals surface area contributed by atoms with Gasteiger partial charge in [-0.3, -0.25) is 4.79 Å². The van der Waals surface area contributed by atoms with Gasteiger partial charge in [-0.25, -0.2) is 0 Å². The maximum absolute atomic E-state index is 10.7. The molecule has 1 N–H and O–H groups in total. The van der Waals surface area contributed by atoms with Gasteiger partial charge in [-0.1, -0.05) is 19.1 Å². The van der Waals surface area contributed by atoms with Gasteiger partial charge in [0.15, 0.2) is 0 Å². The molecule has 0 aromatic heterocycles. The Hall–Kier alpha value is -0.830. The van der Waals surface area contributed by atoms with Crippen molar-refractivity contribution in [3.8, 4) is 0 Å². The van der Waals surface area contributed by atoms with E-state index in [0.29, 0.717) is 5.92 Å². The molecule has 0 spiro atoms. The van der Waals surface area contributed by atoms with Crippen LogP contribution in [0.2, 0.25) is 0 Å². The van der Waals surface area contributed by atoms with Crippen molar-refractivity contribution in [3.05, 3.63) is 12.2 Å². The number of carboxylic acids is 1. The fourth-order valence-corrected chi connectivity index (χ4v) is 2.32. The topological polar surface area (TPSA) is 46.5 Å². The third kappa shape index (κ3) is 3.63. The number of aliphatic carboxylic acids is 1. The van der Waals surface area contributed by atoms with Crippen LogP contribution in [0.4, 0.5) is 0 Å². The molecule has 1 heterocycles. The van der Waals surface area contributed by atoms with Gasteiger partial charge >= 0.3 is 5.97 Å². The quantitative estimate of drug-likeness (QED) is 0.747. The van der Waals surface area contributed by atoms with Crippen LogP contribution in [0.3, 0.4) is 0 Å². The first-order chi connectivity index (χ1) is 7.63. The van der Waals surface area contributed by atoms with Gasteiger partial charge in [0.2, 0.25) is 0 Å². The van der Waals surface area contributed by atoms with Crippen molar-refractivity contribution in [2.24, 2.45) is 11.8 Å². The summed E-state index contributed by atoms with van der Waals surface area (Å²) < 4.78 is 5.78. The zero-order chi connectivity index (χ0) is 11.5. The van der Waals surface area contributed by atoms with Crippen LogP contribution in [0.1, 0.15) is 39.0 Å². The zero-order valence-corrected chi connectivity index (χ0v) is 9.76. The van der Waals surface area contributed by atoms with E-state index in [1.165, 1.54) is 12.8 Å². The SMILES string of the molecule is CC1CC(/C=C/C2CC2)OC(CC(=O)O)C1. The number of ether oxygens (including phenoxy) is 1. The summed E-state index contributed by atoms with van der Waals surface area (Å²) in [5, 5.41) is 8.77. The van der Waals surface area contributed by atoms with Crippen molar-refractivity contribution in [2.45, 2.75) is 51.2 Å². The van der Waals surface area contributed by atoms with E-state index in [0.717, 1.165) is 18.8 Å². The average Bonchev–Trinajstić information content (AvgIpc) is 2.95. The highest BCUT2D eigenvalue weighted by Crippen LogP contribution is 2.32. The highest BCUT2D eigenvalue weighted by molar-refractivity contribution is 5.67. The summed E-state index contributed by atoms with van der Waals surface area (Å²) in [5.74, 6) is 0.565. The van der Waals surface area contributed by atoms with Crippen molar-refractivity contribution in [3.63, 3.8) is 0 Å². The molecule has 0 amide bonds. The van der Waals surface area contributed by atoms with Gasteiger partial charge in [-0.2, -0.15) is 0 Å². The molecular formula is C13H20O3. The summed E-state index contributed by atoms with van der Waals surface area (Å²) >= 11 is 0. The Morgan fingerprint density at radius 1 is 1.38 bits per heavy atom. The average molecular weight is 224 g/mol. The van der Waals surface area contributed by atoms with E-state index in [-0.39, 0.29) is 18.6 Å². The zero-order valence-electron chi connectivity index (χ0n) is 9.76. The van der Waals surface area contributed by atoms with E-state index in [9.17, 15) is 4.79 Å². The molecule has 1 aliphatic heterocycles. The van der Waals surface area contributed by atoms with Gasteiger partial charge in [0.05, 0.1) is 18.6 Å². The Morgan fingerprint density at radius 3 is 2.75 bits per heavy atom. The van der Waals surface area contributed by atoms with Gasteiger partial charge in [-0.15, -0.1) is 0 Å². The predicted octanol–water partition coefficient (Wildman–Crippen LogP) is 2.61. The van der Waals surface area contributed by atoms with Crippen LogP contribution >= 0.6 is 0 Å². The van der Waals surface area contributed by atoms with Crippen LogP contribution in [0.25, 0.3) is 0 Å². The van der Waals surface area contributed by atoms with Crippen molar-refractivity contribution in [1.82, 2.24) is 0 Å². The number of carboxylic acid groups (broad SMARTS) is 1. The number of hydrogen-bond donors (Lipinski definition) is 1. The van der Waals surface area contributed by atoms with Crippen LogP contribution < -0.4 is 0 Å². The molecule has 1 saturated carbocycles. The molecule has 0 aromatic rings. The molecule has 1 aliphatic carbocycles. The monoisotopic (exact) mass is 224 g/mol. The first kappa shape index (κ1) is 11.6. The van der Waals surface area contributed by atoms with E-state index in [2.05, 4.69) is 19.1 Å². The summed E-state index contributed by atoms with van der Waals surface area (Å²) in [5.41, 5.74) is 0. The molecule has 2 rings (SSSR count). The molecule has 3 atom stereocenters. The molecule has 0 bridgehead atoms. The Balaban J connectivity index is 1.85. The number of carbonyl (C=O) groups is 1. The van der Waals surface area contributed by atoms with Gasteiger partial charge < -0.3 is 9.84 Å². The van der Waals surface area contributed by atoms with Crippen LogP contribution in [0.15, 0.2) is 12.2 Å². The number of rotatable bonds is 4. The first-order valence-corrected chi connectivity index (χ1v) is 6.19. The third-order valence-electron chi connectivity index (χ3n) is 3.29. The molecule has 2 fully saturated rings. The molecule has 0 aromatic carbocycles. The van der Waals surface area contributed by atoms with Gasteiger partial charge in [0.25, 0.3) is 0 Å². The molecule has 90 valence electrons. The Kier molecular flexibility index (Phi) is 3.64. The normalized spacial score (nSPS) is 35.4. The molecule has 1 saturated heterocycles. The second-order valence-electron chi connectivity index (χ2n) is 5.19. The Morgan fingerprint density at radius 2 is 2.12 bits per heavy atom. The molecular weight excluding hydrogens is 204 g/mol. The lowest BCUT2D eigenvalue weighted by Crippen LogP contribution is -2.32. The third-order valence-corrected chi connectivity index (χ3v) is 3.29. The lowest BCUT2D eigenvalue weighted by Gasteiger charge is -2.31. The smallest absolute Gasteiger partial charge is 0.305 e. The minimum Gasteiger partial charge on any atom is -0.481 e. The van der Waals surface area contributed by atoms with E-state index in [1.807, 2.05) is 0 Å². The van der Waals surface area contributed by atoms with E-state index >= 15 is 0 Å². The van der Waals surface area contributed by atoms with Crippen molar-refractivity contribution >= 4 is 5.97 Å². The summed E-state index contributed by atoms with van der Waals surface area (Å²) in [6.07, 6.45) is 9.05. The number of allylic oxidation sites excluding steroid dienone is 1. The van der Waals surface area contributed by atoms with Gasteiger partial charge in [0, 0.05) is 0 Å². The molecule has 0 radical (unpaired) electrons. The maximum atomic E-state index is 10.7. The van der Waals surface area contributed by atoms with Crippen LogP contribution in [0.5, 0.6) is 0 Å². The maximum Gasteiger partial charge on any atom is 0.305 e. The fourth-order valence-electron chi connectivity index (χ4n) is 2.32. The highest BCUT2D eigenvalue weighted by atomic mass is 16.5. The highest BCUT2D eigenvalue weighted by Gasteiger charge is 2.27. The summed E-state index contributed by atoms with van der Waals surface area (Å²) in [7, 11) is 0. The van der Waals surface area contributed by atoms with Gasteiger partial charge in [-0.05, 0) is 37.5 Å². The number of hydrogen-bond acceptors (Lipinski definition) is 2. The lowest BCUT2D eigenvalue weighted by atomic mass is 9.92. The Labute approximate surface area is 96.5 Å². The molecule has 3 heteroatoms. The fraction of sp³-hybridized carbons (Fsp3) is 0.769. The molecule has 16 heavy (non-hydrogen) atoms. The molecule has 3 unspecified atom stereocenters. The summed E-state index contributed by atoms with van der Waals surface area (Å²) in [6.45, 7) is 2.18. The first-order valence-electron chi connectivity index (χ1n) is 6.19. The van der Waals surface area contributed by atoms with E-state index < -0.39 is 5.97 Å². The Bertz CT molecular complexity index is 281. The van der Waals surface area contributed by atoms with Crippen molar-refractivity contribution in [1.29, 1.82) is 0 Å². The van der Waals surface area contributed by atoms with Crippen LogP contribution in [-0.4, -0.2) is 23.3 Å². The molecule has 3 nitrogen and oxygen atoms in total. The van der Waals surface area contributed by atoms with Crippen LogP contribution in [-0.2, 0) is 9.53 Å². The minimum absolute atomic E-state index is 0.102. The lowest BCUT2D eigenvalue weighted by molar-refractivity contribution is -0.143. The van der Waals surface area contributed by atoms with E-state index in [4.69, 9.17) is 9.84 Å². The van der Waals surface area contributed by atoms with Crippen molar-refractivity contribution in [2.75, 3.05) is 0 Å². The van der Waals surface area contributed by atoms with E-state index in [1.54, 1.807) is 0 Å². The standard InChI is InChI=1S/C13H20O3/c1-9-6-11(5-4-10-2-3-10)16-12(7-9)8-13(14)15/h4-5,9-12H,2-3,6-8H2,1H3,(H,14,15)/b5-4+.